The number of aliphatic hydroxyl groups excluding tert-OH is 2. The minimum absolute atomic E-state index is 0.332. The molecule has 1 rings (SSSR count). The number of ether oxygens (including phenoxy) is 1. The van der Waals surface area contributed by atoms with E-state index in [9.17, 15) is 5.11 Å². The Morgan fingerprint density at radius 1 is 1.55 bits per heavy atom. The minimum atomic E-state index is -0.782. The van der Waals surface area contributed by atoms with Crippen LogP contribution in [-0.2, 0) is 4.74 Å². The highest BCUT2D eigenvalue weighted by Crippen LogP contribution is 2.23. The standard InChI is InChI=1S/C7H15NO3/c1-4-6(10)7(2,8)3-5(9)11-4/h4-6,9-10H,3,8H2,1-2H3/p+1/t4-,5+,6+,7-/m0/s1. The lowest BCUT2D eigenvalue weighted by Gasteiger charge is -2.38. The van der Waals surface area contributed by atoms with E-state index in [1.807, 2.05) is 6.92 Å². The zero-order chi connectivity index (χ0) is 8.65. The van der Waals surface area contributed by atoms with Crippen molar-refractivity contribution in [3.05, 3.63) is 0 Å². The van der Waals surface area contributed by atoms with Crippen molar-refractivity contribution in [2.45, 2.75) is 44.3 Å². The molecule has 4 atom stereocenters. The summed E-state index contributed by atoms with van der Waals surface area (Å²) in [6.07, 6.45) is -1.32. The van der Waals surface area contributed by atoms with Crippen molar-refractivity contribution in [3.63, 3.8) is 0 Å². The van der Waals surface area contributed by atoms with Crippen LogP contribution in [0.2, 0.25) is 0 Å². The highest BCUT2D eigenvalue weighted by Gasteiger charge is 2.44. The Bertz CT molecular complexity index is 149. The van der Waals surface area contributed by atoms with E-state index in [0.717, 1.165) is 0 Å². The van der Waals surface area contributed by atoms with E-state index in [2.05, 4.69) is 5.73 Å². The quantitative estimate of drug-likeness (QED) is 0.404. The fourth-order valence-corrected chi connectivity index (χ4v) is 1.46. The zero-order valence-corrected chi connectivity index (χ0v) is 6.95. The third-order valence-corrected chi connectivity index (χ3v) is 2.17. The van der Waals surface area contributed by atoms with Gasteiger partial charge in [-0.1, -0.05) is 0 Å². The first-order chi connectivity index (χ1) is 4.93. The van der Waals surface area contributed by atoms with Gasteiger partial charge in [-0.25, -0.2) is 0 Å². The van der Waals surface area contributed by atoms with Gasteiger partial charge in [-0.3, -0.25) is 0 Å². The van der Waals surface area contributed by atoms with Gasteiger partial charge in [-0.2, -0.15) is 0 Å². The summed E-state index contributed by atoms with van der Waals surface area (Å²) >= 11 is 0. The van der Waals surface area contributed by atoms with Crippen LogP contribution in [0.5, 0.6) is 0 Å². The molecule has 0 spiro atoms. The number of rotatable bonds is 0. The molecule has 0 saturated carbocycles. The molecule has 1 saturated heterocycles. The van der Waals surface area contributed by atoms with Gasteiger partial charge in [-0.15, -0.1) is 0 Å². The second-order valence-electron chi connectivity index (χ2n) is 3.60. The summed E-state index contributed by atoms with van der Waals surface area (Å²) < 4.78 is 5.00. The lowest BCUT2D eigenvalue weighted by Crippen LogP contribution is -2.80. The van der Waals surface area contributed by atoms with Crippen molar-refractivity contribution >= 4 is 0 Å². The molecule has 4 heteroatoms. The van der Waals surface area contributed by atoms with Crippen LogP contribution in [0.15, 0.2) is 0 Å². The van der Waals surface area contributed by atoms with Gasteiger partial charge in [-0.05, 0) is 13.8 Å². The third-order valence-electron chi connectivity index (χ3n) is 2.17. The molecule has 4 nitrogen and oxygen atoms in total. The highest BCUT2D eigenvalue weighted by atomic mass is 16.6. The first-order valence-electron chi connectivity index (χ1n) is 3.80. The van der Waals surface area contributed by atoms with Crippen molar-refractivity contribution in [1.29, 1.82) is 0 Å². The van der Waals surface area contributed by atoms with Gasteiger partial charge in [0.1, 0.15) is 11.6 Å². The molecule has 0 aromatic heterocycles. The molecule has 0 aliphatic carbocycles. The molecular weight excluding hydrogens is 146 g/mol. The van der Waals surface area contributed by atoms with E-state index in [-0.39, 0.29) is 6.10 Å². The van der Waals surface area contributed by atoms with Crippen LogP contribution in [0.25, 0.3) is 0 Å². The summed E-state index contributed by atoms with van der Waals surface area (Å²) in [5.74, 6) is 0. The topological polar surface area (TPSA) is 77.3 Å². The van der Waals surface area contributed by atoms with Crippen molar-refractivity contribution in [2.24, 2.45) is 0 Å². The second kappa shape index (κ2) is 2.71. The van der Waals surface area contributed by atoms with Gasteiger partial charge < -0.3 is 20.7 Å². The Morgan fingerprint density at radius 3 is 2.55 bits per heavy atom. The Hall–Kier alpha value is -0.160. The van der Waals surface area contributed by atoms with Crippen molar-refractivity contribution in [2.75, 3.05) is 0 Å². The zero-order valence-electron chi connectivity index (χ0n) is 6.95. The van der Waals surface area contributed by atoms with Gasteiger partial charge in [0.2, 0.25) is 0 Å². The van der Waals surface area contributed by atoms with Gasteiger partial charge in [0.05, 0.1) is 12.5 Å². The van der Waals surface area contributed by atoms with Crippen LogP contribution in [0.1, 0.15) is 20.3 Å². The summed E-state index contributed by atoms with van der Waals surface area (Å²) in [4.78, 5) is 0. The first-order valence-corrected chi connectivity index (χ1v) is 3.80. The smallest absolute Gasteiger partial charge is 0.161 e. The van der Waals surface area contributed by atoms with E-state index < -0.39 is 17.9 Å². The maximum absolute atomic E-state index is 9.52. The number of hydrogen-bond donors (Lipinski definition) is 3. The molecule has 0 amide bonds. The van der Waals surface area contributed by atoms with E-state index in [1.54, 1.807) is 6.92 Å². The van der Waals surface area contributed by atoms with Crippen molar-refractivity contribution in [3.8, 4) is 0 Å². The van der Waals surface area contributed by atoms with Crippen LogP contribution in [0.3, 0.4) is 0 Å². The third kappa shape index (κ3) is 1.70. The lowest BCUT2D eigenvalue weighted by molar-refractivity contribution is -0.515. The molecule has 0 bridgehead atoms. The second-order valence-corrected chi connectivity index (χ2v) is 3.60. The van der Waals surface area contributed by atoms with E-state index in [1.165, 1.54) is 0 Å². The maximum Gasteiger partial charge on any atom is 0.161 e. The summed E-state index contributed by atoms with van der Waals surface area (Å²) in [6, 6.07) is 0. The maximum atomic E-state index is 9.52. The first kappa shape index (κ1) is 8.93. The Balaban J connectivity index is 2.67. The monoisotopic (exact) mass is 162 g/mol. The number of hydrogen-bond acceptors (Lipinski definition) is 3. The van der Waals surface area contributed by atoms with Crippen molar-refractivity contribution in [1.82, 2.24) is 0 Å². The predicted octanol–water partition coefficient (Wildman–Crippen LogP) is -1.52. The molecule has 1 aliphatic heterocycles. The van der Waals surface area contributed by atoms with E-state index in [4.69, 9.17) is 9.84 Å². The Morgan fingerprint density at radius 2 is 2.09 bits per heavy atom. The Kier molecular flexibility index (Phi) is 2.20. The molecule has 0 aromatic carbocycles. The molecule has 1 fully saturated rings. The SMILES string of the molecule is C[C@@H]1O[C@@H](O)C[C@](C)([NH3+])[C@@H]1O. The van der Waals surface area contributed by atoms with Crippen molar-refractivity contribution < 1.29 is 20.7 Å². The van der Waals surface area contributed by atoms with E-state index >= 15 is 0 Å². The van der Waals surface area contributed by atoms with Crippen LogP contribution in [-0.4, -0.2) is 34.2 Å². The molecule has 1 heterocycles. The normalized spacial score (nSPS) is 52.6. The predicted molar refractivity (Wildman–Crippen MR) is 38.5 cm³/mol. The van der Waals surface area contributed by atoms with Gasteiger partial charge in [0, 0.05) is 0 Å². The molecule has 0 radical (unpaired) electrons. The fourth-order valence-electron chi connectivity index (χ4n) is 1.46. The van der Waals surface area contributed by atoms with Gasteiger partial charge in [0.25, 0.3) is 0 Å². The highest BCUT2D eigenvalue weighted by molar-refractivity contribution is 4.88. The molecule has 5 N–H and O–H groups in total. The van der Waals surface area contributed by atoms with Crippen LogP contribution < -0.4 is 5.73 Å². The van der Waals surface area contributed by atoms with Crippen LogP contribution in [0, 0.1) is 0 Å². The fraction of sp³-hybridized carbons (Fsp3) is 1.00. The summed E-state index contributed by atoms with van der Waals surface area (Å²) in [5.41, 5.74) is 3.33. The summed E-state index contributed by atoms with van der Waals surface area (Å²) in [6.45, 7) is 3.55. The van der Waals surface area contributed by atoms with E-state index in [0.29, 0.717) is 6.42 Å². The molecular formula is C7H16NO3+. The number of quaternary nitrogens is 1. The van der Waals surface area contributed by atoms with Gasteiger partial charge in [0.15, 0.2) is 6.29 Å². The summed E-state index contributed by atoms with van der Waals surface area (Å²) in [5, 5.41) is 18.7. The molecule has 1 aliphatic rings. The van der Waals surface area contributed by atoms with Crippen LogP contribution >= 0.6 is 0 Å². The largest absolute Gasteiger partial charge is 0.384 e. The molecule has 66 valence electrons. The summed E-state index contributed by atoms with van der Waals surface area (Å²) in [7, 11) is 0. The number of aliphatic hydroxyl groups is 2. The van der Waals surface area contributed by atoms with Crippen LogP contribution in [0.4, 0.5) is 0 Å². The molecule has 0 aromatic rings. The average Bonchev–Trinajstić information content (AvgIpc) is 1.81. The average molecular weight is 162 g/mol. The minimum Gasteiger partial charge on any atom is -0.384 e. The Labute approximate surface area is 66.0 Å². The molecule has 0 unspecified atom stereocenters. The lowest BCUT2D eigenvalue weighted by atomic mass is 9.86. The van der Waals surface area contributed by atoms with Gasteiger partial charge >= 0.3 is 0 Å². The molecule has 11 heavy (non-hydrogen) atoms.